The van der Waals surface area contributed by atoms with Crippen molar-refractivity contribution in [3.8, 4) is 0 Å². The van der Waals surface area contributed by atoms with Crippen molar-refractivity contribution in [2.45, 2.75) is 71.4 Å². The molecule has 3 atom stereocenters. The van der Waals surface area contributed by atoms with Crippen molar-refractivity contribution < 1.29 is 9.53 Å². The van der Waals surface area contributed by atoms with Crippen molar-refractivity contribution >= 4 is 5.97 Å². The van der Waals surface area contributed by atoms with Crippen molar-refractivity contribution in [2.75, 3.05) is 6.61 Å². The van der Waals surface area contributed by atoms with Crippen molar-refractivity contribution in [3.05, 3.63) is 0 Å². The highest BCUT2D eigenvalue weighted by Gasteiger charge is 2.22. The second-order valence-corrected chi connectivity index (χ2v) is 5.12. The Morgan fingerprint density at radius 3 is 2.71 bits per heavy atom. The topological polar surface area (TPSA) is 38.3 Å². The van der Waals surface area contributed by atoms with Crippen LogP contribution in [0.2, 0.25) is 0 Å². The molecule has 3 heteroatoms. The number of esters is 1. The van der Waals surface area contributed by atoms with E-state index >= 15 is 0 Å². The molecule has 1 aliphatic rings. The largest absolute Gasteiger partial charge is 0.465 e. The Labute approximate surface area is 105 Å². The van der Waals surface area contributed by atoms with Crippen LogP contribution >= 0.6 is 0 Å². The third-order valence-corrected chi connectivity index (χ3v) is 3.79. The first-order valence-electron chi connectivity index (χ1n) is 7.10. The van der Waals surface area contributed by atoms with E-state index < -0.39 is 0 Å². The zero-order valence-corrected chi connectivity index (χ0v) is 11.5. The lowest BCUT2D eigenvalue weighted by Gasteiger charge is -2.20. The molecule has 0 aliphatic heterocycles. The molecule has 100 valence electrons. The molecule has 17 heavy (non-hydrogen) atoms. The molecule has 1 fully saturated rings. The average molecular weight is 241 g/mol. The van der Waals surface area contributed by atoms with Gasteiger partial charge in [-0.25, -0.2) is 0 Å². The molecule has 0 aromatic carbocycles. The molecule has 3 unspecified atom stereocenters. The Bertz CT molecular complexity index is 230. The summed E-state index contributed by atoms with van der Waals surface area (Å²) in [6.45, 7) is 6.50. The lowest BCUT2D eigenvalue weighted by molar-refractivity contribution is -0.145. The lowest BCUT2D eigenvalue weighted by atomic mass is 9.98. The number of hydrogen-bond acceptors (Lipinski definition) is 3. The van der Waals surface area contributed by atoms with E-state index in [1.165, 1.54) is 38.5 Å². The van der Waals surface area contributed by atoms with Crippen LogP contribution in [-0.4, -0.2) is 24.7 Å². The van der Waals surface area contributed by atoms with E-state index in [0.717, 1.165) is 5.92 Å². The molecule has 1 saturated carbocycles. The first-order chi connectivity index (χ1) is 8.17. The summed E-state index contributed by atoms with van der Waals surface area (Å²) >= 11 is 0. The van der Waals surface area contributed by atoms with Gasteiger partial charge in [-0.15, -0.1) is 0 Å². The SMILES string of the molecule is CCOC(=O)C(C)NC1CCCC(CC)CC1. The maximum atomic E-state index is 11.5. The summed E-state index contributed by atoms with van der Waals surface area (Å²) in [4.78, 5) is 11.5. The molecule has 0 spiro atoms. The number of rotatable bonds is 5. The molecule has 0 saturated heterocycles. The van der Waals surface area contributed by atoms with Crippen LogP contribution in [0.4, 0.5) is 0 Å². The Morgan fingerprint density at radius 1 is 1.29 bits per heavy atom. The Kier molecular flexibility index (Phi) is 6.56. The predicted molar refractivity (Wildman–Crippen MR) is 69.9 cm³/mol. The van der Waals surface area contributed by atoms with Gasteiger partial charge in [-0.1, -0.05) is 26.2 Å². The number of ether oxygens (including phenoxy) is 1. The quantitative estimate of drug-likeness (QED) is 0.594. The van der Waals surface area contributed by atoms with Crippen molar-refractivity contribution in [3.63, 3.8) is 0 Å². The highest BCUT2D eigenvalue weighted by atomic mass is 16.5. The van der Waals surface area contributed by atoms with Gasteiger partial charge >= 0.3 is 5.97 Å². The number of nitrogens with one attached hydrogen (secondary N) is 1. The fourth-order valence-corrected chi connectivity index (χ4v) is 2.64. The normalized spacial score (nSPS) is 27.2. The van der Waals surface area contributed by atoms with E-state index in [0.29, 0.717) is 12.6 Å². The number of carbonyl (C=O) groups is 1. The smallest absolute Gasteiger partial charge is 0.322 e. The van der Waals surface area contributed by atoms with Gasteiger partial charge in [0.1, 0.15) is 6.04 Å². The summed E-state index contributed by atoms with van der Waals surface area (Å²) in [5.41, 5.74) is 0. The van der Waals surface area contributed by atoms with Crippen LogP contribution in [0, 0.1) is 5.92 Å². The van der Waals surface area contributed by atoms with Crippen molar-refractivity contribution in [1.82, 2.24) is 5.32 Å². The third-order valence-electron chi connectivity index (χ3n) is 3.79. The van der Waals surface area contributed by atoms with Crippen LogP contribution in [0.15, 0.2) is 0 Å². The summed E-state index contributed by atoms with van der Waals surface area (Å²) in [7, 11) is 0. The maximum Gasteiger partial charge on any atom is 0.322 e. The van der Waals surface area contributed by atoms with E-state index in [2.05, 4.69) is 12.2 Å². The van der Waals surface area contributed by atoms with Crippen LogP contribution < -0.4 is 5.32 Å². The highest BCUT2D eigenvalue weighted by Crippen LogP contribution is 2.25. The van der Waals surface area contributed by atoms with Crippen LogP contribution in [-0.2, 0) is 9.53 Å². The third kappa shape index (κ3) is 5.07. The molecule has 1 aliphatic carbocycles. The van der Waals surface area contributed by atoms with E-state index in [-0.39, 0.29) is 12.0 Å². The summed E-state index contributed by atoms with van der Waals surface area (Å²) < 4.78 is 5.02. The fourth-order valence-electron chi connectivity index (χ4n) is 2.64. The molecule has 0 aromatic rings. The minimum atomic E-state index is -0.168. The molecule has 1 rings (SSSR count). The second kappa shape index (κ2) is 7.70. The molecule has 3 nitrogen and oxygen atoms in total. The summed E-state index contributed by atoms with van der Waals surface area (Å²) in [5.74, 6) is 0.767. The molecule has 0 bridgehead atoms. The molecule has 0 amide bonds. The van der Waals surface area contributed by atoms with Crippen LogP contribution in [0.3, 0.4) is 0 Å². The van der Waals surface area contributed by atoms with Crippen molar-refractivity contribution in [2.24, 2.45) is 5.92 Å². The summed E-state index contributed by atoms with van der Waals surface area (Å²) in [6.07, 6.45) is 7.61. The van der Waals surface area contributed by atoms with Crippen LogP contribution in [0.5, 0.6) is 0 Å². The first-order valence-corrected chi connectivity index (χ1v) is 7.10. The van der Waals surface area contributed by atoms with Gasteiger partial charge in [-0.2, -0.15) is 0 Å². The monoisotopic (exact) mass is 241 g/mol. The van der Waals surface area contributed by atoms with E-state index in [1.54, 1.807) is 0 Å². The first kappa shape index (κ1) is 14.5. The van der Waals surface area contributed by atoms with Crippen molar-refractivity contribution in [1.29, 1.82) is 0 Å². The van der Waals surface area contributed by atoms with Gasteiger partial charge in [0.15, 0.2) is 0 Å². The molecule has 0 aromatic heterocycles. The van der Waals surface area contributed by atoms with Crippen LogP contribution in [0.25, 0.3) is 0 Å². The minimum absolute atomic E-state index is 0.121. The highest BCUT2D eigenvalue weighted by molar-refractivity contribution is 5.75. The zero-order valence-electron chi connectivity index (χ0n) is 11.5. The fraction of sp³-hybridized carbons (Fsp3) is 0.929. The lowest BCUT2D eigenvalue weighted by Crippen LogP contribution is -2.42. The van der Waals surface area contributed by atoms with Gasteiger partial charge in [-0.05, 0) is 39.0 Å². The maximum absolute atomic E-state index is 11.5. The van der Waals surface area contributed by atoms with E-state index in [9.17, 15) is 4.79 Å². The Morgan fingerprint density at radius 2 is 2.06 bits per heavy atom. The number of hydrogen-bond donors (Lipinski definition) is 1. The van der Waals surface area contributed by atoms with Gasteiger partial charge in [0.05, 0.1) is 6.61 Å². The molecular formula is C14H27NO2. The second-order valence-electron chi connectivity index (χ2n) is 5.12. The van der Waals surface area contributed by atoms with Crippen LogP contribution in [0.1, 0.15) is 59.3 Å². The van der Waals surface area contributed by atoms with Gasteiger partial charge in [-0.3, -0.25) is 4.79 Å². The van der Waals surface area contributed by atoms with Gasteiger partial charge < -0.3 is 10.1 Å². The Balaban J connectivity index is 2.33. The molecule has 1 N–H and O–H groups in total. The summed E-state index contributed by atoms with van der Waals surface area (Å²) in [5, 5.41) is 3.41. The summed E-state index contributed by atoms with van der Waals surface area (Å²) in [6, 6.07) is 0.323. The standard InChI is InChI=1S/C14H27NO2/c1-4-12-7-6-8-13(10-9-12)15-11(3)14(16)17-5-2/h11-13,15H,4-10H2,1-3H3. The molecule has 0 radical (unpaired) electrons. The Hall–Kier alpha value is -0.570. The zero-order chi connectivity index (χ0) is 12.7. The molecular weight excluding hydrogens is 214 g/mol. The van der Waals surface area contributed by atoms with Gasteiger partial charge in [0.2, 0.25) is 0 Å². The van der Waals surface area contributed by atoms with Gasteiger partial charge in [0, 0.05) is 6.04 Å². The van der Waals surface area contributed by atoms with Gasteiger partial charge in [0.25, 0.3) is 0 Å². The molecule has 0 heterocycles. The average Bonchev–Trinajstić information content (AvgIpc) is 2.54. The van der Waals surface area contributed by atoms with E-state index in [1.807, 2.05) is 13.8 Å². The van der Waals surface area contributed by atoms with E-state index in [4.69, 9.17) is 4.74 Å². The minimum Gasteiger partial charge on any atom is -0.465 e. The predicted octanol–water partition coefficient (Wildman–Crippen LogP) is 2.89. The number of carbonyl (C=O) groups excluding carboxylic acids is 1.